The molecule has 2 unspecified atom stereocenters. The highest BCUT2D eigenvalue weighted by atomic mass is 16.7. The number of carbonyl (C=O) groups excluding carboxylic acids is 1. The van der Waals surface area contributed by atoms with Crippen LogP contribution in [0.5, 0.6) is 11.5 Å². The number of allylic oxidation sites excluding steroid dienone is 1. The third-order valence-corrected chi connectivity index (χ3v) is 3.87. The molecule has 118 valence electrons. The number of carbonyl (C=O) groups is 1. The average molecular weight is 314 g/mol. The number of ether oxygens (including phenoxy) is 4. The van der Waals surface area contributed by atoms with Crippen molar-refractivity contribution in [2.45, 2.75) is 12.8 Å². The van der Waals surface area contributed by atoms with Crippen LogP contribution in [0, 0.1) is 22.7 Å². The lowest BCUT2D eigenvalue weighted by molar-refractivity contribution is -0.136. The van der Waals surface area contributed by atoms with Crippen molar-refractivity contribution >= 4 is 11.9 Å². The summed E-state index contributed by atoms with van der Waals surface area (Å²) >= 11 is 0. The molecule has 1 aromatic rings. The molecule has 0 spiro atoms. The quantitative estimate of drug-likeness (QED) is 0.839. The average Bonchev–Trinajstić information content (AvgIpc) is 3.01. The molecule has 2 atom stereocenters. The van der Waals surface area contributed by atoms with Crippen LogP contribution in [-0.2, 0) is 14.3 Å². The van der Waals surface area contributed by atoms with Crippen LogP contribution in [0.4, 0.5) is 0 Å². The second-order valence-electron chi connectivity index (χ2n) is 5.12. The molecule has 3 rings (SSSR count). The Kier molecular flexibility index (Phi) is 3.66. The molecular formula is C16H14N2O5. The van der Waals surface area contributed by atoms with Gasteiger partial charge in [-0.05, 0) is 24.6 Å². The van der Waals surface area contributed by atoms with E-state index in [1.165, 1.54) is 7.11 Å². The molecule has 0 aromatic heterocycles. The van der Waals surface area contributed by atoms with Crippen LogP contribution in [0.3, 0.4) is 0 Å². The van der Waals surface area contributed by atoms with Crippen molar-refractivity contribution in [3.63, 3.8) is 0 Å². The van der Waals surface area contributed by atoms with E-state index in [0.717, 1.165) is 0 Å². The molecule has 2 aliphatic rings. The standard InChI is InChI=1S/C16H14N2O5/c1-8-13(16(19)20-2)14(10(6-17)15(18)23-8)9-3-4-11-12(5-9)22-7-21-11/h3-5,10,14,18H,7H2,1-2H3. The molecule has 0 aliphatic carbocycles. The minimum atomic E-state index is -0.923. The van der Waals surface area contributed by atoms with Gasteiger partial charge in [-0.15, -0.1) is 0 Å². The second kappa shape index (κ2) is 5.65. The lowest BCUT2D eigenvalue weighted by Crippen LogP contribution is -2.32. The molecule has 0 bridgehead atoms. The summed E-state index contributed by atoms with van der Waals surface area (Å²) in [5.74, 6) is -0.964. The number of nitrogens with one attached hydrogen (secondary N) is 1. The van der Waals surface area contributed by atoms with Gasteiger partial charge >= 0.3 is 5.97 Å². The molecule has 2 heterocycles. The number of hydrogen-bond donors (Lipinski definition) is 1. The Hall–Kier alpha value is -3.01. The lowest BCUT2D eigenvalue weighted by Gasteiger charge is -2.30. The maximum Gasteiger partial charge on any atom is 0.337 e. The lowest BCUT2D eigenvalue weighted by atomic mass is 9.78. The van der Waals surface area contributed by atoms with Crippen LogP contribution in [0.15, 0.2) is 29.5 Å². The van der Waals surface area contributed by atoms with Gasteiger partial charge < -0.3 is 18.9 Å². The SMILES string of the molecule is COC(=O)C1=C(C)OC(=N)C(C#N)C1c1ccc2c(c1)OCO2. The van der Waals surface area contributed by atoms with Crippen molar-refractivity contribution in [2.24, 2.45) is 5.92 Å². The Morgan fingerprint density at radius 2 is 2.13 bits per heavy atom. The minimum absolute atomic E-state index is 0.128. The second-order valence-corrected chi connectivity index (χ2v) is 5.12. The van der Waals surface area contributed by atoms with Gasteiger partial charge in [-0.3, -0.25) is 5.41 Å². The van der Waals surface area contributed by atoms with Crippen molar-refractivity contribution in [1.82, 2.24) is 0 Å². The molecule has 2 aliphatic heterocycles. The van der Waals surface area contributed by atoms with Gasteiger partial charge in [0.25, 0.3) is 0 Å². The van der Waals surface area contributed by atoms with Crippen molar-refractivity contribution in [3.05, 3.63) is 35.1 Å². The van der Waals surface area contributed by atoms with E-state index in [1.807, 2.05) is 6.07 Å². The van der Waals surface area contributed by atoms with Crippen LogP contribution in [0.2, 0.25) is 0 Å². The summed E-state index contributed by atoms with van der Waals surface area (Å²) in [5.41, 5.74) is 0.891. The first kappa shape index (κ1) is 14.9. The summed E-state index contributed by atoms with van der Waals surface area (Å²) < 4.78 is 20.7. The molecule has 7 heteroatoms. The maximum atomic E-state index is 12.2. The summed E-state index contributed by atoms with van der Waals surface area (Å²) in [5, 5.41) is 17.4. The van der Waals surface area contributed by atoms with E-state index in [-0.39, 0.29) is 24.0 Å². The Morgan fingerprint density at radius 1 is 1.39 bits per heavy atom. The molecule has 1 aromatic carbocycles. The Labute approximate surface area is 132 Å². The van der Waals surface area contributed by atoms with Gasteiger partial charge in [0.15, 0.2) is 11.5 Å². The van der Waals surface area contributed by atoms with Crippen molar-refractivity contribution in [3.8, 4) is 17.6 Å². The van der Waals surface area contributed by atoms with Crippen molar-refractivity contribution < 1.29 is 23.7 Å². The zero-order valence-corrected chi connectivity index (χ0v) is 12.6. The Balaban J connectivity index is 2.14. The molecule has 7 nitrogen and oxygen atoms in total. The first-order valence-corrected chi connectivity index (χ1v) is 6.91. The number of hydrogen-bond acceptors (Lipinski definition) is 7. The fourth-order valence-electron chi connectivity index (χ4n) is 2.80. The number of rotatable bonds is 2. The van der Waals surface area contributed by atoms with Crippen LogP contribution in [-0.4, -0.2) is 25.8 Å². The first-order valence-electron chi connectivity index (χ1n) is 6.91. The van der Waals surface area contributed by atoms with Gasteiger partial charge in [0.1, 0.15) is 11.7 Å². The molecule has 0 amide bonds. The highest BCUT2D eigenvalue weighted by Gasteiger charge is 2.41. The third kappa shape index (κ3) is 2.38. The van der Waals surface area contributed by atoms with E-state index in [1.54, 1.807) is 25.1 Å². The molecule has 1 N–H and O–H groups in total. The topological polar surface area (TPSA) is 102 Å². The Bertz CT molecular complexity index is 762. The predicted molar refractivity (Wildman–Crippen MR) is 77.9 cm³/mol. The van der Waals surface area contributed by atoms with E-state index < -0.39 is 17.8 Å². The summed E-state index contributed by atoms with van der Waals surface area (Å²) in [6.45, 7) is 1.71. The van der Waals surface area contributed by atoms with Gasteiger partial charge in [-0.1, -0.05) is 6.07 Å². The highest BCUT2D eigenvalue weighted by Crippen LogP contribution is 2.43. The highest BCUT2D eigenvalue weighted by molar-refractivity contribution is 5.95. The monoisotopic (exact) mass is 314 g/mol. The molecule has 0 saturated heterocycles. The van der Waals surface area contributed by atoms with Gasteiger partial charge in [0.2, 0.25) is 12.7 Å². The van der Waals surface area contributed by atoms with Gasteiger partial charge in [0.05, 0.1) is 18.8 Å². The number of esters is 1. The van der Waals surface area contributed by atoms with Crippen LogP contribution < -0.4 is 9.47 Å². The number of fused-ring (bicyclic) bond motifs is 1. The van der Waals surface area contributed by atoms with E-state index in [2.05, 4.69) is 0 Å². The summed E-state index contributed by atoms with van der Waals surface area (Å²) in [6.07, 6.45) is 0. The number of nitriles is 1. The van der Waals surface area contributed by atoms with Crippen LogP contribution >= 0.6 is 0 Å². The zero-order valence-electron chi connectivity index (χ0n) is 12.6. The number of methoxy groups -OCH3 is 1. The van der Waals surface area contributed by atoms with Gasteiger partial charge in [-0.25, -0.2) is 4.79 Å². The smallest absolute Gasteiger partial charge is 0.337 e. The van der Waals surface area contributed by atoms with Crippen LogP contribution in [0.25, 0.3) is 0 Å². The maximum absolute atomic E-state index is 12.2. The largest absolute Gasteiger partial charge is 0.466 e. The molecule has 23 heavy (non-hydrogen) atoms. The zero-order chi connectivity index (χ0) is 16.6. The number of nitrogens with zero attached hydrogens (tertiary/aromatic N) is 1. The third-order valence-electron chi connectivity index (χ3n) is 3.87. The summed E-state index contributed by atoms with van der Waals surface area (Å²) in [4.78, 5) is 12.2. The normalized spacial score (nSPS) is 22.4. The van der Waals surface area contributed by atoms with Crippen molar-refractivity contribution in [1.29, 1.82) is 10.7 Å². The van der Waals surface area contributed by atoms with E-state index in [0.29, 0.717) is 17.1 Å². The molecule has 0 radical (unpaired) electrons. The molecule has 0 saturated carbocycles. The Morgan fingerprint density at radius 3 is 2.83 bits per heavy atom. The first-order chi connectivity index (χ1) is 11.1. The fourth-order valence-corrected chi connectivity index (χ4v) is 2.80. The van der Waals surface area contributed by atoms with E-state index in [9.17, 15) is 10.1 Å². The number of benzene rings is 1. The van der Waals surface area contributed by atoms with Gasteiger partial charge in [0, 0.05) is 5.92 Å². The molecular weight excluding hydrogens is 300 g/mol. The van der Waals surface area contributed by atoms with Crippen LogP contribution in [0.1, 0.15) is 18.4 Å². The van der Waals surface area contributed by atoms with E-state index in [4.69, 9.17) is 24.4 Å². The summed E-state index contributed by atoms with van der Waals surface area (Å²) in [6, 6.07) is 7.22. The minimum Gasteiger partial charge on any atom is -0.466 e. The fraction of sp³-hybridized carbons (Fsp3) is 0.312. The van der Waals surface area contributed by atoms with Gasteiger partial charge in [-0.2, -0.15) is 5.26 Å². The van der Waals surface area contributed by atoms with Crippen molar-refractivity contribution in [2.75, 3.05) is 13.9 Å². The summed E-state index contributed by atoms with van der Waals surface area (Å²) in [7, 11) is 1.26. The molecule has 0 fully saturated rings. The van der Waals surface area contributed by atoms with E-state index >= 15 is 0 Å². The predicted octanol–water partition coefficient (Wildman–Crippen LogP) is 2.09.